The van der Waals surface area contributed by atoms with Crippen molar-refractivity contribution in [3.63, 3.8) is 0 Å². The van der Waals surface area contributed by atoms with Crippen molar-refractivity contribution in [3.8, 4) is 103 Å². The summed E-state index contributed by atoms with van der Waals surface area (Å²) < 4.78 is 9.56. The van der Waals surface area contributed by atoms with Crippen LogP contribution in [0, 0.1) is 45.3 Å². The molecular weight excluding hydrogens is 1170 g/mol. The van der Waals surface area contributed by atoms with E-state index in [1.807, 2.05) is 24.3 Å². The summed E-state index contributed by atoms with van der Waals surface area (Å²) in [5, 5.41) is 50.4. The van der Waals surface area contributed by atoms with E-state index in [2.05, 4.69) is 285 Å². The fraction of sp³-hybridized carbons (Fsp3) is 0. The molecule has 0 aliphatic rings. The molecule has 0 bridgehead atoms. The van der Waals surface area contributed by atoms with Gasteiger partial charge < -0.3 is 18.3 Å². The summed E-state index contributed by atoms with van der Waals surface area (Å²) in [6.07, 6.45) is 0. The van der Waals surface area contributed by atoms with Gasteiger partial charge in [0.05, 0.1) is 90.7 Å². The van der Waals surface area contributed by atoms with Gasteiger partial charge in [0.25, 0.3) is 0 Å². The van der Waals surface area contributed by atoms with Gasteiger partial charge in [0.15, 0.2) is 0 Å². The second kappa shape index (κ2) is 22.0. The van der Waals surface area contributed by atoms with Crippen molar-refractivity contribution in [1.82, 2.24) is 18.3 Å². The summed E-state index contributed by atoms with van der Waals surface area (Å²) in [4.78, 5) is 0. The predicted octanol–water partition coefficient (Wildman–Crippen LogP) is 21.9. The second-order valence-electron chi connectivity index (χ2n) is 24.4. The number of para-hydroxylation sites is 4. The Hall–Kier alpha value is -13.8. The van der Waals surface area contributed by atoms with E-state index in [9.17, 15) is 21.0 Å². The Morgan fingerprint density at radius 2 is 0.542 bits per heavy atom. The Labute approximate surface area is 551 Å². The summed E-state index contributed by atoms with van der Waals surface area (Å²) >= 11 is 0. The van der Waals surface area contributed by atoms with E-state index < -0.39 is 0 Å². The lowest BCUT2D eigenvalue weighted by Gasteiger charge is -2.16. The monoisotopic (exact) mass is 1220 g/mol. The molecule has 4 aromatic heterocycles. The minimum atomic E-state index is 0.443. The summed E-state index contributed by atoms with van der Waals surface area (Å²) in [6.45, 7) is 0. The van der Waals surface area contributed by atoms with Crippen LogP contribution in [0.3, 0.4) is 0 Å². The highest BCUT2D eigenvalue weighted by atomic mass is 15.1. The Morgan fingerprint density at radius 1 is 0.208 bits per heavy atom. The lowest BCUT2D eigenvalue weighted by atomic mass is 9.94. The molecule has 0 aliphatic carbocycles. The third kappa shape index (κ3) is 8.38. The third-order valence-corrected chi connectivity index (χ3v) is 19.3. The minimum absolute atomic E-state index is 0.443. The van der Waals surface area contributed by atoms with Gasteiger partial charge in [-0.05, 0) is 148 Å². The van der Waals surface area contributed by atoms with Crippen LogP contribution in [0.2, 0.25) is 0 Å². The lowest BCUT2D eigenvalue weighted by molar-refractivity contribution is 1.15. The van der Waals surface area contributed by atoms with E-state index in [0.29, 0.717) is 33.4 Å². The van der Waals surface area contributed by atoms with Crippen molar-refractivity contribution in [1.29, 1.82) is 21.0 Å². The van der Waals surface area contributed by atoms with Crippen molar-refractivity contribution in [2.75, 3.05) is 0 Å². The molecule has 0 saturated carbocycles. The fourth-order valence-corrected chi connectivity index (χ4v) is 15.2. The Bertz CT molecular complexity index is 6420. The summed E-state index contributed by atoms with van der Waals surface area (Å²) in [5.41, 5.74) is 23.5. The van der Waals surface area contributed by atoms with Gasteiger partial charge in [-0.25, -0.2) is 0 Å². The first kappa shape index (κ1) is 55.1. The highest BCUT2D eigenvalue weighted by molar-refractivity contribution is 6.29. The van der Waals surface area contributed by atoms with Gasteiger partial charge in [-0.2, -0.15) is 21.0 Å². The maximum atomic E-state index is 10.4. The largest absolute Gasteiger partial charge is 0.307 e. The molecule has 0 N–H and O–H groups in total. The molecule has 0 amide bonds. The van der Waals surface area contributed by atoms with Crippen LogP contribution in [-0.4, -0.2) is 18.3 Å². The summed E-state index contributed by atoms with van der Waals surface area (Å²) in [5.74, 6) is 0. The van der Waals surface area contributed by atoms with Crippen molar-refractivity contribution < 1.29 is 0 Å². The van der Waals surface area contributed by atoms with Crippen LogP contribution >= 0.6 is 0 Å². The zero-order valence-electron chi connectivity index (χ0n) is 51.4. The zero-order chi connectivity index (χ0) is 64.1. The van der Waals surface area contributed by atoms with E-state index in [-0.39, 0.29) is 0 Å². The first-order valence-corrected chi connectivity index (χ1v) is 31.9. The highest BCUT2D eigenvalue weighted by Gasteiger charge is 2.27. The van der Waals surface area contributed by atoms with Crippen molar-refractivity contribution in [2.45, 2.75) is 0 Å². The van der Waals surface area contributed by atoms with Crippen molar-refractivity contribution in [3.05, 3.63) is 326 Å². The molecule has 96 heavy (non-hydrogen) atoms. The molecule has 0 saturated heterocycles. The maximum absolute atomic E-state index is 10.4. The Kier molecular flexibility index (Phi) is 12.6. The average Bonchev–Trinajstić information content (AvgIpc) is 1.55. The van der Waals surface area contributed by atoms with E-state index in [1.165, 1.54) is 0 Å². The van der Waals surface area contributed by atoms with Crippen LogP contribution in [0.4, 0.5) is 0 Å². The van der Waals surface area contributed by atoms with Crippen LogP contribution in [0.1, 0.15) is 22.3 Å². The molecule has 0 spiro atoms. The molecule has 0 atom stereocenters. The molecule has 8 nitrogen and oxygen atoms in total. The van der Waals surface area contributed by atoms with Gasteiger partial charge in [-0.3, -0.25) is 0 Å². The number of benzene rings is 14. The second-order valence-corrected chi connectivity index (χ2v) is 24.4. The number of aromatic nitrogens is 4. The van der Waals surface area contributed by atoms with E-state index in [4.69, 9.17) is 0 Å². The van der Waals surface area contributed by atoms with Crippen molar-refractivity contribution >= 4 is 87.2 Å². The quantitative estimate of drug-likeness (QED) is 0.143. The molecule has 14 aromatic carbocycles. The van der Waals surface area contributed by atoms with E-state index in [1.54, 1.807) is 36.4 Å². The van der Waals surface area contributed by atoms with E-state index in [0.717, 1.165) is 154 Å². The van der Waals surface area contributed by atoms with Crippen LogP contribution in [-0.2, 0) is 0 Å². The smallest absolute Gasteiger partial charge is 0.0998 e. The number of nitriles is 4. The number of hydrogen-bond donors (Lipinski definition) is 0. The molecule has 442 valence electrons. The van der Waals surface area contributed by atoms with Crippen LogP contribution < -0.4 is 0 Å². The Balaban J connectivity index is 0.814. The topological polar surface area (TPSA) is 115 Å². The Morgan fingerprint density at radius 3 is 1.02 bits per heavy atom. The zero-order valence-corrected chi connectivity index (χ0v) is 51.4. The maximum Gasteiger partial charge on any atom is 0.0998 e. The first-order valence-electron chi connectivity index (χ1n) is 31.9. The third-order valence-electron chi connectivity index (χ3n) is 19.3. The van der Waals surface area contributed by atoms with Crippen molar-refractivity contribution in [2.24, 2.45) is 0 Å². The summed E-state index contributed by atoms with van der Waals surface area (Å²) in [7, 11) is 0. The molecule has 18 aromatic rings. The SMILES string of the molecule is N#Cc1cccc(C#N)c1-c1cccc(-n2c3ccccc3c3ccc4c5ccccc5n(-c5ccc(-c6ccc(-c7cc8c9ccccc9n(-c9cccc(-c%10ccccc%10)c9)c8c8c7c7ccccc7n8-c7cccc(-c8c(C#N)cccc8C#N)c7)cc6)cc5)c4c32)c1. The number of fused-ring (bicyclic) bond motifs is 14. The van der Waals surface area contributed by atoms with E-state index >= 15 is 0 Å². The van der Waals surface area contributed by atoms with Gasteiger partial charge in [0, 0.05) is 77.0 Å². The van der Waals surface area contributed by atoms with Crippen LogP contribution in [0.25, 0.3) is 166 Å². The fourth-order valence-electron chi connectivity index (χ4n) is 15.2. The van der Waals surface area contributed by atoms with Gasteiger partial charge in [0.2, 0.25) is 0 Å². The minimum Gasteiger partial charge on any atom is -0.307 e. The molecule has 4 heterocycles. The average molecular weight is 1220 g/mol. The molecule has 0 fully saturated rings. The van der Waals surface area contributed by atoms with Gasteiger partial charge in [0.1, 0.15) is 0 Å². The standard InChI is InChI=1S/C88H50N8/c89-51-62-22-12-23-63(52-90)82(62)60-20-15-27-68(48-60)94-79-34-9-5-30-71(79)74-46-45-73-70-29-4-8-33-78(70)93(85(73)86(74)94)66-43-41-57(42-44-66)56-37-39-58(40-38-56)76-50-77-72-31-6-10-35-80(72)95(67-26-14-19-59(47-67)55-17-2-1-3-18-55)87(77)88-84(76)75-32-7-11-36-81(75)96(88)69-28-16-21-61(49-69)83-64(53-91)24-13-25-65(83)54-92/h1-50H. The van der Waals surface area contributed by atoms with Gasteiger partial charge >= 0.3 is 0 Å². The molecule has 0 aliphatic heterocycles. The van der Waals surface area contributed by atoms with Gasteiger partial charge in [-0.1, -0.05) is 200 Å². The normalized spacial score (nSPS) is 11.5. The first-order chi connectivity index (χ1) is 47.5. The molecule has 18 rings (SSSR count). The highest BCUT2D eigenvalue weighted by Crippen LogP contribution is 2.48. The number of nitrogens with zero attached hydrogens (tertiary/aromatic N) is 8. The van der Waals surface area contributed by atoms with Crippen LogP contribution in [0.5, 0.6) is 0 Å². The lowest BCUT2D eigenvalue weighted by Crippen LogP contribution is -2.00. The molecular formula is C88H50N8. The molecule has 0 unspecified atom stereocenters. The predicted molar refractivity (Wildman–Crippen MR) is 390 cm³/mol. The van der Waals surface area contributed by atoms with Crippen LogP contribution in [0.15, 0.2) is 303 Å². The number of hydrogen-bond acceptors (Lipinski definition) is 4. The molecule has 8 heteroatoms. The van der Waals surface area contributed by atoms with Gasteiger partial charge in [-0.15, -0.1) is 0 Å². The number of rotatable bonds is 9. The summed E-state index contributed by atoms with van der Waals surface area (Å²) in [6, 6.07) is 115. The molecule has 0 radical (unpaired) electrons.